The molecule has 1 heterocycles. The third kappa shape index (κ3) is 6.73. The molecule has 1 fully saturated rings. The van der Waals surface area contributed by atoms with Crippen LogP contribution in [0.25, 0.3) is 0 Å². The Hall–Kier alpha value is -2.61. The molecule has 0 bridgehead atoms. The van der Waals surface area contributed by atoms with E-state index >= 15 is 0 Å². The summed E-state index contributed by atoms with van der Waals surface area (Å²) in [5.41, 5.74) is 1.81. The molecule has 0 aromatic carbocycles. The first-order valence-corrected chi connectivity index (χ1v) is 10.2. The van der Waals surface area contributed by atoms with E-state index in [9.17, 15) is 9.59 Å². The third-order valence-corrected chi connectivity index (χ3v) is 4.87. The lowest BCUT2D eigenvalue weighted by atomic mass is 9.93. The van der Waals surface area contributed by atoms with Crippen molar-refractivity contribution in [2.24, 2.45) is 5.92 Å². The normalized spacial score (nSPS) is 19.6. The van der Waals surface area contributed by atoms with Crippen molar-refractivity contribution in [1.29, 1.82) is 5.41 Å². The highest BCUT2D eigenvalue weighted by molar-refractivity contribution is 6.14. The number of carbonyl (C=O) groups excluding carboxylic acids is 2. The monoisotopic (exact) mass is 418 g/mol. The van der Waals surface area contributed by atoms with E-state index in [2.05, 4.69) is 10.6 Å². The van der Waals surface area contributed by atoms with Gasteiger partial charge >= 0.3 is 6.09 Å². The fourth-order valence-corrected chi connectivity index (χ4v) is 3.01. The van der Waals surface area contributed by atoms with Crippen LogP contribution < -0.4 is 10.6 Å². The molecule has 1 unspecified atom stereocenters. The summed E-state index contributed by atoms with van der Waals surface area (Å²) < 4.78 is 10.5. The molecule has 0 saturated carbocycles. The van der Waals surface area contributed by atoms with Crippen LogP contribution in [0.2, 0.25) is 0 Å². The van der Waals surface area contributed by atoms with Crippen LogP contribution in [0.3, 0.4) is 0 Å². The van der Waals surface area contributed by atoms with Gasteiger partial charge < -0.3 is 30.4 Å². The van der Waals surface area contributed by atoms with Gasteiger partial charge in [0.05, 0.1) is 11.8 Å². The second-order valence-electron chi connectivity index (χ2n) is 8.81. The van der Waals surface area contributed by atoms with Crippen molar-refractivity contribution in [3.05, 3.63) is 35.1 Å². The second-order valence-corrected chi connectivity index (χ2v) is 8.81. The first kappa shape index (κ1) is 23.7. The minimum absolute atomic E-state index is 0.0693. The van der Waals surface area contributed by atoms with Gasteiger partial charge in [-0.05, 0) is 52.3 Å². The fraction of sp³-hybridized carbons (Fsp3) is 0.591. The van der Waals surface area contributed by atoms with E-state index in [4.69, 9.17) is 14.9 Å². The zero-order valence-electron chi connectivity index (χ0n) is 18.8. The van der Waals surface area contributed by atoms with E-state index < -0.39 is 5.60 Å². The smallest absolute Gasteiger partial charge is 0.410 e. The molecule has 1 aliphatic carbocycles. The van der Waals surface area contributed by atoms with Gasteiger partial charge in [0.15, 0.2) is 0 Å². The van der Waals surface area contributed by atoms with Gasteiger partial charge in [-0.1, -0.05) is 0 Å². The molecular weight excluding hydrogens is 384 g/mol. The number of hydrogen-bond donors (Lipinski definition) is 3. The summed E-state index contributed by atoms with van der Waals surface area (Å²) in [6, 6.07) is 0. The Morgan fingerprint density at radius 3 is 2.60 bits per heavy atom. The van der Waals surface area contributed by atoms with Crippen LogP contribution in [-0.2, 0) is 14.3 Å². The molecule has 2 aliphatic rings. The summed E-state index contributed by atoms with van der Waals surface area (Å²) in [5, 5.41) is 14.2. The second kappa shape index (κ2) is 9.93. The van der Waals surface area contributed by atoms with E-state index in [1.807, 2.05) is 34.6 Å². The molecule has 0 spiro atoms. The summed E-state index contributed by atoms with van der Waals surface area (Å²) in [6.45, 7) is 11.6. The Morgan fingerprint density at radius 1 is 1.33 bits per heavy atom. The topological polar surface area (TPSA) is 104 Å². The first-order valence-electron chi connectivity index (χ1n) is 10.2. The number of carbonyl (C=O) groups is 2. The summed E-state index contributed by atoms with van der Waals surface area (Å²) in [7, 11) is 1.60. The van der Waals surface area contributed by atoms with Crippen molar-refractivity contribution < 1.29 is 19.1 Å². The minimum Gasteiger partial charge on any atom is -0.444 e. The van der Waals surface area contributed by atoms with Crippen LogP contribution in [0, 0.1) is 11.3 Å². The van der Waals surface area contributed by atoms with Crippen LogP contribution in [-0.4, -0.2) is 67.6 Å². The third-order valence-electron chi connectivity index (χ3n) is 4.87. The predicted molar refractivity (Wildman–Crippen MR) is 116 cm³/mol. The van der Waals surface area contributed by atoms with Crippen LogP contribution in [0.5, 0.6) is 0 Å². The van der Waals surface area contributed by atoms with Gasteiger partial charge in [-0.2, -0.15) is 0 Å². The van der Waals surface area contributed by atoms with Crippen LogP contribution in [0.15, 0.2) is 35.1 Å². The lowest BCUT2D eigenvalue weighted by molar-refractivity contribution is -0.117. The maximum absolute atomic E-state index is 12.5. The number of ether oxygens (including phenoxy) is 2. The molecule has 8 heteroatoms. The van der Waals surface area contributed by atoms with Crippen molar-refractivity contribution in [1.82, 2.24) is 15.5 Å². The molecule has 1 aliphatic heterocycles. The largest absolute Gasteiger partial charge is 0.444 e. The molecule has 0 aromatic rings. The first-order chi connectivity index (χ1) is 14.0. The molecule has 2 rings (SSSR count). The molecule has 0 aromatic heterocycles. The highest BCUT2D eigenvalue weighted by Crippen LogP contribution is 2.21. The summed E-state index contributed by atoms with van der Waals surface area (Å²) in [5.74, 6) is 0.143. The van der Waals surface area contributed by atoms with Crippen LogP contribution in [0.4, 0.5) is 4.79 Å². The average Bonchev–Trinajstić information content (AvgIpc) is 2.61. The van der Waals surface area contributed by atoms with Gasteiger partial charge in [0.1, 0.15) is 5.60 Å². The Morgan fingerprint density at radius 2 is 2.00 bits per heavy atom. The standard InChI is InChI=1S/C22H34N4O4/c1-14-7-19(23)17(8-18(14)20(27)25-9-15(2)29-6)11-24-10-16-12-26(13-16)21(28)30-22(3,4)5/h7-8,11,15-16,23-24H,9-10,12-13H2,1-6H3,(H,25,27)/b17-11-,23-19?. The van der Waals surface area contributed by atoms with E-state index in [1.54, 1.807) is 30.4 Å². The molecule has 0 radical (unpaired) electrons. The van der Waals surface area contributed by atoms with E-state index in [-0.39, 0.29) is 18.1 Å². The summed E-state index contributed by atoms with van der Waals surface area (Å²) >= 11 is 0. The molecule has 1 atom stereocenters. The lowest BCUT2D eigenvalue weighted by Gasteiger charge is -2.39. The van der Waals surface area contributed by atoms with E-state index in [1.165, 1.54) is 0 Å². The number of amides is 2. The number of methoxy groups -OCH3 is 1. The number of rotatable bonds is 7. The Bertz CT molecular complexity index is 770. The zero-order chi connectivity index (χ0) is 22.5. The maximum Gasteiger partial charge on any atom is 0.410 e. The maximum atomic E-state index is 12.5. The number of nitrogens with one attached hydrogen (secondary N) is 3. The van der Waals surface area contributed by atoms with Crippen molar-refractivity contribution >= 4 is 17.7 Å². The Balaban J connectivity index is 1.86. The molecule has 8 nitrogen and oxygen atoms in total. The molecular formula is C22H34N4O4. The van der Waals surface area contributed by atoms with Crippen molar-refractivity contribution in [3.8, 4) is 0 Å². The highest BCUT2D eigenvalue weighted by atomic mass is 16.6. The number of likely N-dealkylation sites (tertiary alicyclic amines) is 1. The quantitative estimate of drug-likeness (QED) is 0.589. The zero-order valence-corrected chi connectivity index (χ0v) is 18.8. The van der Waals surface area contributed by atoms with Gasteiger partial charge in [0.2, 0.25) is 0 Å². The van der Waals surface area contributed by atoms with E-state index in [0.717, 1.165) is 5.57 Å². The van der Waals surface area contributed by atoms with Crippen LogP contribution >= 0.6 is 0 Å². The van der Waals surface area contributed by atoms with Crippen LogP contribution in [0.1, 0.15) is 34.6 Å². The van der Waals surface area contributed by atoms with Gasteiger partial charge in [-0.25, -0.2) is 4.79 Å². The molecule has 2 amide bonds. The predicted octanol–water partition coefficient (Wildman–Crippen LogP) is 2.38. The number of allylic oxidation sites excluding steroid dienone is 3. The molecule has 1 saturated heterocycles. The minimum atomic E-state index is -0.490. The highest BCUT2D eigenvalue weighted by Gasteiger charge is 2.33. The van der Waals surface area contributed by atoms with Gasteiger partial charge in [-0.15, -0.1) is 0 Å². The average molecular weight is 419 g/mol. The van der Waals surface area contributed by atoms with Gasteiger partial charge in [0.25, 0.3) is 5.91 Å². The fourth-order valence-electron chi connectivity index (χ4n) is 3.01. The SMILES string of the molecule is COC(C)CNC(=O)C1=C/C(=C/NCC2CN(C(=O)OC(C)(C)C)C2)C(=N)C=C1C. The molecule has 3 N–H and O–H groups in total. The number of nitrogens with zero attached hydrogens (tertiary/aromatic N) is 1. The lowest BCUT2D eigenvalue weighted by Crippen LogP contribution is -2.54. The molecule has 30 heavy (non-hydrogen) atoms. The Labute approximate surface area is 178 Å². The van der Waals surface area contributed by atoms with Gasteiger partial charge in [-0.3, -0.25) is 4.79 Å². The van der Waals surface area contributed by atoms with Gasteiger partial charge in [0, 0.05) is 56.6 Å². The summed E-state index contributed by atoms with van der Waals surface area (Å²) in [4.78, 5) is 26.1. The molecule has 166 valence electrons. The van der Waals surface area contributed by atoms with Crippen molar-refractivity contribution in [2.75, 3.05) is 33.3 Å². The number of hydrogen-bond acceptors (Lipinski definition) is 6. The van der Waals surface area contributed by atoms with Crippen molar-refractivity contribution in [3.63, 3.8) is 0 Å². The van der Waals surface area contributed by atoms with Crippen molar-refractivity contribution in [2.45, 2.75) is 46.3 Å². The van der Waals surface area contributed by atoms with E-state index in [0.29, 0.717) is 49.0 Å². The Kier molecular flexibility index (Phi) is 7.83. The summed E-state index contributed by atoms with van der Waals surface area (Å²) in [6.07, 6.45) is 4.82.